The number of halogens is 1. The number of hydrogen-bond acceptors (Lipinski definition) is 4. The van der Waals surface area contributed by atoms with Gasteiger partial charge in [-0.05, 0) is 37.9 Å². The van der Waals surface area contributed by atoms with Crippen LogP contribution < -0.4 is 5.32 Å². The minimum atomic E-state index is -0.438. The number of amides is 1. The second-order valence-corrected chi connectivity index (χ2v) is 7.10. The van der Waals surface area contributed by atoms with Gasteiger partial charge in [0.1, 0.15) is 6.61 Å². The van der Waals surface area contributed by atoms with Crippen LogP contribution in [0.25, 0.3) is 11.0 Å². The van der Waals surface area contributed by atoms with Gasteiger partial charge in [-0.25, -0.2) is 14.2 Å². The van der Waals surface area contributed by atoms with Crippen molar-refractivity contribution in [1.82, 2.24) is 19.8 Å². The van der Waals surface area contributed by atoms with Gasteiger partial charge in [0.2, 0.25) is 0 Å². The van der Waals surface area contributed by atoms with Crippen LogP contribution in [0.15, 0.2) is 55.7 Å². The highest BCUT2D eigenvalue weighted by Gasteiger charge is 2.31. The van der Waals surface area contributed by atoms with Crippen molar-refractivity contribution in [3.8, 4) is 0 Å². The van der Waals surface area contributed by atoms with E-state index in [-0.39, 0.29) is 24.6 Å². The topological polar surface area (TPSA) is 59.4 Å². The van der Waals surface area contributed by atoms with E-state index >= 15 is 0 Å². The summed E-state index contributed by atoms with van der Waals surface area (Å²) in [7, 11) is 0. The third-order valence-corrected chi connectivity index (χ3v) is 5.14. The van der Waals surface area contributed by atoms with Gasteiger partial charge in [0.25, 0.3) is 0 Å². The summed E-state index contributed by atoms with van der Waals surface area (Å²) in [6.45, 7) is 8.12. The van der Waals surface area contributed by atoms with Crippen LogP contribution in [-0.4, -0.2) is 52.3 Å². The van der Waals surface area contributed by atoms with Crippen molar-refractivity contribution in [2.75, 3.05) is 19.7 Å². The Kier molecular flexibility index (Phi) is 6.81. The Balaban J connectivity index is 1.42. The molecular formula is C21H27FN4O2. The molecule has 2 heterocycles. The number of para-hydroxylation sites is 2. The maximum Gasteiger partial charge on any atom is 0.407 e. The summed E-state index contributed by atoms with van der Waals surface area (Å²) in [5.41, 5.74) is 1.94. The lowest BCUT2D eigenvalue weighted by Crippen LogP contribution is -2.44. The van der Waals surface area contributed by atoms with Crippen LogP contribution in [0.5, 0.6) is 0 Å². The lowest BCUT2D eigenvalue weighted by atomic mass is 10.0. The number of imidazole rings is 1. The zero-order valence-electron chi connectivity index (χ0n) is 16.1. The average Bonchev–Trinajstić information content (AvgIpc) is 3.26. The van der Waals surface area contributed by atoms with E-state index in [0.717, 1.165) is 24.0 Å². The zero-order valence-corrected chi connectivity index (χ0v) is 16.1. The molecule has 1 aliphatic heterocycles. The first-order valence-corrected chi connectivity index (χ1v) is 9.59. The minimum Gasteiger partial charge on any atom is -0.448 e. The van der Waals surface area contributed by atoms with Crippen LogP contribution in [-0.2, 0) is 11.3 Å². The van der Waals surface area contributed by atoms with E-state index in [0.29, 0.717) is 19.4 Å². The highest BCUT2D eigenvalue weighted by Crippen LogP contribution is 2.26. The number of aromatic nitrogens is 2. The number of nitrogens with one attached hydrogen (secondary N) is 1. The van der Waals surface area contributed by atoms with Gasteiger partial charge in [0.15, 0.2) is 0 Å². The Labute approximate surface area is 164 Å². The van der Waals surface area contributed by atoms with Gasteiger partial charge >= 0.3 is 6.09 Å². The van der Waals surface area contributed by atoms with E-state index in [1.807, 2.05) is 41.8 Å². The van der Waals surface area contributed by atoms with Crippen LogP contribution in [0.4, 0.5) is 9.18 Å². The van der Waals surface area contributed by atoms with E-state index in [9.17, 15) is 9.18 Å². The van der Waals surface area contributed by atoms with Crippen molar-refractivity contribution in [1.29, 1.82) is 0 Å². The Hall–Kier alpha value is -2.67. The molecule has 0 aliphatic carbocycles. The molecule has 1 aromatic heterocycles. The first-order chi connectivity index (χ1) is 13.6. The van der Waals surface area contributed by atoms with Crippen molar-refractivity contribution in [2.24, 2.45) is 5.92 Å². The smallest absolute Gasteiger partial charge is 0.407 e. The van der Waals surface area contributed by atoms with Crippen molar-refractivity contribution < 1.29 is 13.9 Å². The standard InChI is InChI=1S/C21H27FN4O2/c1-3-19-17(8-10-22)9-11-25(19)14-16(2)24-21(27)28-13-12-26-15-23-18-6-4-5-7-20(18)26/h3-8,10,15-17,19H,1,9,11-14H2,2H3,(H,24,27)/b10-8+/t16-,17?,19?/m0/s1. The molecule has 7 heteroatoms. The van der Waals surface area contributed by atoms with Gasteiger partial charge in [-0.1, -0.05) is 24.3 Å². The Morgan fingerprint density at radius 3 is 3.11 bits per heavy atom. The highest BCUT2D eigenvalue weighted by molar-refractivity contribution is 5.74. The molecule has 2 unspecified atom stereocenters. The van der Waals surface area contributed by atoms with Gasteiger partial charge in [-0.2, -0.15) is 0 Å². The highest BCUT2D eigenvalue weighted by atomic mass is 19.1. The molecule has 1 aromatic carbocycles. The summed E-state index contributed by atoms with van der Waals surface area (Å²) >= 11 is 0. The van der Waals surface area contributed by atoms with E-state index in [1.54, 1.807) is 12.4 Å². The Bertz CT molecular complexity index is 835. The Morgan fingerprint density at radius 1 is 1.50 bits per heavy atom. The summed E-state index contributed by atoms with van der Waals surface area (Å²) < 4.78 is 19.8. The largest absolute Gasteiger partial charge is 0.448 e. The monoisotopic (exact) mass is 386 g/mol. The lowest BCUT2D eigenvalue weighted by Gasteiger charge is -2.27. The number of alkyl carbamates (subject to hydrolysis) is 1. The maximum absolute atomic E-state index is 12.5. The van der Waals surface area contributed by atoms with Crippen LogP contribution in [0.1, 0.15) is 13.3 Å². The maximum atomic E-state index is 12.5. The van der Waals surface area contributed by atoms with E-state index in [4.69, 9.17) is 4.74 Å². The van der Waals surface area contributed by atoms with Crippen molar-refractivity contribution in [2.45, 2.75) is 32.0 Å². The number of benzene rings is 1. The lowest BCUT2D eigenvalue weighted by molar-refractivity contribution is 0.135. The Morgan fingerprint density at radius 2 is 2.32 bits per heavy atom. The molecule has 1 aliphatic rings. The first-order valence-electron chi connectivity index (χ1n) is 9.59. The number of likely N-dealkylation sites (tertiary alicyclic amines) is 1. The predicted molar refractivity (Wildman–Crippen MR) is 108 cm³/mol. The fourth-order valence-electron chi connectivity index (χ4n) is 3.81. The number of carbonyl (C=O) groups is 1. The number of rotatable bonds is 8. The molecule has 3 rings (SSSR count). The van der Waals surface area contributed by atoms with E-state index < -0.39 is 6.09 Å². The third-order valence-electron chi connectivity index (χ3n) is 5.14. The summed E-state index contributed by atoms with van der Waals surface area (Å²) in [5, 5.41) is 2.86. The summed E-state index contributed by atoms with van der Waals surface area (Å²) in [5.74, 6) is 0.131. The van der Waals surface area contributed by atoms with Gasteiger partial charge in [-0.15, -0.1) is 6.58 Å². The van der Waals surface area contributed by atoms with Gasteiger partial charge in [0.05, 0.1) is 30.2 Å². The van der Waals surface area contributed by atoms with Gasteiger partial charge in [-0.3, -0.25) is 4.90 Å². The normalized spacial score (nSPS) is 21.2. The van der Waals surface area contributed by atoms with E-state index in [2.05, 4.69) is 21.8 Å². The molecule has 6 nitrogen and oxygen atoms in total. The second kappa shape index (κ2) is 9.50. The van der Waals surface area contributed by atoms with Crippen LogP contribution >= 0.6 is 0 Å². The number of fused-ring (bicyclic) bond motifs is 1. The molecule has 1 fully saturated rings. The molecule has 28 heavy (non-hydrogen) atoms. The average molecular weight is 386 g/mol. The van der Waals surface area contributed by atoms with Gasteiger partial charge in [0, 0.05) is 18.6 Å². The molecule has 0 saturated carbocycles. The molecule has 1 N–H and O–H groups in total. The number of ether oxygens (including phenoxy) is 1. The fourth-order valence-corrected chi connectivity index (χ4v) is 3.81. The SMILES string of the molecule is C=CC1C(/C=C/F)CCN1C[C@H](C)NC(=O)OCCn1cnc2ccccc21. The first kappa shape index (κ1) is 20.1. The number of hydrogen-bond donors (Lipinski definition) is 1. The predicted octanol–water partition coefficient (Wildman–Crippen LogP) is 3.51. The third kappa shape index (κ3) is 4.78. The van der Waals surface area contributed by atoms with Crippen molar-refractivity contribution in [3.63, 3.8) is 0 Å². The van der Waals surface area contributed by atoms with E-state index in [1.165, 1.54) is 0 Å². The molecule has 0 bridgehead atoms. The zero-order chi connectivity index (χ0) is 19.9. The number of carbonyl (C=O) groups excluding carboxylic acids is 1. The quantitative estimate of drug-likeness (QED) is 0.706. The molecule has 0 spiro atoms. The minimum absolute atomic E-state index is 0.0850. The van der Waals surface area contributed by atoms with Gasteiger partial charge < -0.3 is 14.6 Å². The molecule has 1 saturated heterocycles. The van der Waals surface area contributed by atoms with Crippen LogP contribution in [0.2, 0.25) is 0 Å². The summed E-state index contributed by atoms with van der Waals surface area (Å²) in [6, 6.07) is 7.84. The molecule has 2 aromatic rings. The molecular weight excluding hydrogens is 359 g/mol. The molecule has 0 radical (unpaired) electrons. The van der Waals surface area contributed by atoms with Crippen molar-refractivity contribution in [3.05, 3.63) is 55.7 Å². The number of nitrogens with zero attached hydrogens (tertiary/aromatic N) is 3. The molecule has 3 atom stereocenters. The second-order valence-electron chi connectivity index (χ2n) is 7.10. The van der Waals surface area contributed by atoms with Crippen LogP contribution in [0.3, 0.4) is 0 Å². The summed E-state index contributed by atoms with van der Waals surface area (Å²) in [4.78, 5) is 18.6. The van der Waals surface area contributed by atoms with Crippen LogP contribution in [0, 0.1) is 5.92 Å². The molecule has 1 amide bonds. The van der Waals surface area contributed by atoms with Crippen molar-refractivity contribution >= 4 is 17.1 Å². The molecule has 150 valence electrons. The summed E-state index contributed by atoms with van der Waals surface area (Å²) in [6.07, 6.45) is 6.22. The fraction of sp³-hybridized carbons (Fsp3) is 0.429.